The first kappa shape index (κ1) is 15.3. The van der Waals surface area contributed by atoms with Crippen LogP contribution in [0.2, 0.25) is 0 Å². The van der Waals surface area contributed by atoms with E-state index < -0.39 is 21.7 Å². The summed E-state index contributed by atoms with van der Waals surface area (Å²) in [6.45, 7) is 5.14. The van der Waals surface area contributed by atoms with Crippen molar-refractivity contribution < 1.29 is 23.1 Å². The van der Waals surface area contributed by atoms with Gasteiger partial charge in [-0.05, 0) is 38.0 Å². The van der Waals surface area contributed by atoms with Gasteiger partial charge < -0.3 is 9.84 Å². The maximum Gasteiger partial charge on any atom is 0.323 e. The van der Waals surface area contributed by atoms with Gasteiger partial charge in [0.05, 0.1) is 12.3 Å². The molecule has 1 rings (SSSR count). The molecule has 0 aromatic heterocycles. The summed E-state index contributed by atoms with van der Waals surface area (Å²) >= 11 is 0. The highest BCUT2D eigenvalue weighted by atomic mass is 32.2. The number of nitrogens with one attached hydrogen (secondary N) is 1. The number of hydrogen-bond acceptors (Lipinski definition) is 5. The second kappa shape index (κ2) is 5.92. The monoisotopic (exact) mass is 287 g/mol. The van der Waals surface area contributed by atoms with Crippen LogP contribution in [0.1, 0.15) is 18.1 Å². The van der Waals surface area contributed by atoms with Crippen molar-refractivity contribution in [2.75, 3.05) is 17.1 Å². The van der Waals surface area contributed by atoms with E-state index in [-0.39, 0.29) is 18.0 Å². The van der Waals surface area contributed by atoms with E-state index in [1.54, 1.807) is 26.8 Å². The third-order valence-electron chi connectivity index (χ3n) is 2.32. The second-order valence-electron chi connectivity index (χ2n) is 4.14. The zero-order chi connectivity index (χ0) is 14.6. The van der Waals surface area contributed by atoms with Crippen LogP contribution in [0.25, 0.3) is 0 Å². The largest absolute Gasteiger partial charge is 0.505 e. The number of phenolic OH excluding ortho intramolecular Hbond substituents is 1. The van der Waals surface area contributed by atoms with Crippen LogP contribution in [-0.4, -0.2) is 31.9 Å². The van der Waals surface area contributed by atoms with Gasteiger partial charge in [-0.2, -0.15) is 0 Å². The number of anilines is 1. The van der Waals surface area contributed by atoms with Crippen molar-refractivity contribution in [1.82, 2.24) is 0 Å². The van der Waals surface area contributed by atoms with Gasteiger partial charge in [-0.1, -0.05) is 6.07 Å². The summed E-state index contributed by atoms with van der Waals surface area (Å²) < 4.78 is 30.2. The molecule has 2 N–H and O–H groups in total. The number of aromatic hydroxyl groups is 1. The molecule has 0 aliphatic heterocycles. The summed E-state index contributed by atoms with van der Waals surface area (Å²) in [4.78, 5) is 11.2. The molecule has 0 aliphatic carbocycles. The Morgan fingerprint density at radius 1 is 1.37 bits per heavy atom. The van der Waals surface area contributed by atoms with Crippen molar-refractivity contribution in [1.29, 1.82) is 0 Å². The van der Waals surface area contributed by atoms with E-state index in [4.69, 9.17) is 0 Å². The summed E-state index contributed by atoms with van der Waals surface area (Å²) in [6, 6.07) is 3.21. The van der Waals surface area contributed by atoms with Crippen molar-refractivity contribution >= 4 is 21.7 Å². The van der Waals surface area contributed by atoms with E-state index in [1.807, 2.05) is 0 Å². The zero-order valence-electron chi connectivity index (χ0n) is 11.1. The second-order valence-corrected chi connectivity index (χ2v) is 5.87. The molecule has 0 atom stereocenters. The highest BCUT2D eigenvalue weighted by Gasteiger charge is 2.19. The first-order valence-electron chi connectivity index (χ1n) is 5.71. The SMILES string of the molecule is CCOC(=O)CS(=O)(=O)Nc1cc(C)cc(C)c1O. The first-order valence-corrected chi connectivity index (χ1v) is 7.36. The molecule has 19 heavy (non-hydrogen) atoms. The first-order chi connectivity index (χ1) is 8.75. The van der Waals surface area contributed by atoms with E-state index in [0.717, 1.165) is 5.56 Å². The Bertz CT molecular complexity index is 580. The van der Waals surface area contributed by atoms with Gasteiger partial charge in [0.2, 0.25) is 10.0 Å². The number of sulfonamides is 1. The average Bonchev–Trinajstić information content (AvgIpc) is 2.24. The number of aryl methyl sites for hydroxylation is 2. The highest BCUT2D eigenvalue weighted by Crippen LogP contribution is 2.29. The predicted molar refractivity (Wildman–Crippen MR) is 71.6 cm³/mol. The molecule has 0 bridgehead atoms. The van der Waals surface area contributed by atoms with E-state index >= 15 is 0 Å². The fraction of sp³-hybridized carbons (Fsp3) is 0.417. The lowest BCUT2D eigenvalue weighted by Crippen LogP contribution is -2.24. The Hall–Kier alpha value is -1.76. The average molecular weight is 287 g/mol. The van der Waals surface area contributed by atoms with Crippen LogP contribution in [0, 0.1) is 13.8 Å². The van der Waals surface area contributed by atoms with Gasteiger partial charge in [0.25, 0.3) is 0 Å². The smallest absolute Gasteiger partial charge is 0.323 e. The fourth-order valence-electron chi connectivity index (χ4n) is 1.60. The fourth-order valence-corrected chi connectivity index (χ4v) is 2.56. The van der Waals surface area contributed by atoms with Gasteiger partial charge >= 0.3 is 5.97 Å². The van der Waals surface area contributed by atoms with Gasteiger partial charge in [0.15, 0.2) is 5.75 Å². The molecular formula is C12H17NO5S. The number of carbonyl (C=O) groups excluding carboxylic acids is 1. The lowest BCUT2D eigenvalue weighted by atomic mass is 10.1. The standard InChI is InChI=1S/C12H17NO5S/c1-4-18-11(14)7-19(16,17)13-10-6-8(2)5-9(3)12(10)15/h5-6,13,15H,4,7H2,1-3H3. The zero-order valence-corrected chi connectivity index (χ0v) is 11.9. The van der Waals surface area contributed by atoms with Crippen molar-refractivity contribution in [3.63, 3.8) is 0 Å². The Balaban J connectivity index is 2.93. The maximum atomic E-state index is 11.7. The van der Waals surface area contributed by atoms with Crippen LogP contribution in [0.15, 0.2) is 12.1 Å². The van der Waals surface area contributed by atoms with E-state index in [0.29, 0.717) is 5.56 Å². The topological polar surface area (TPSA) is 92.7 Å². The third-order valence-corrected chi connectivity index (χ3v) is 3.47. The van der Waals surface area contributed by atoms with E-state index in [1.165, 1.54) is 6.07 Å². The summed E-state index contributed by atoms with van der Waals surface area (Å²) in [6.07, 6.45) is 0. The van der Waals surface area contributed by atoms with Gasteiger partial charge in [0, 0.05) is 0 Å². The quantitative estimate of drug-likeness (QED) is 0.629. The maximum absolute atomic E-state index is 11.7. The summed E-state index contributed by atoms with van der Waals surface area (Å²) in [5.74, 6) is -1.77. The van der Waals surface area contributed by atoms with Crippen LogP contribution in [0.3, 0.4) is 0 Å². The number of carbonyl (C=O) groups is 1. The molecule has 0 heterocycles. The van der Waals surface area contributed by atoms with Crippen molar-refractivity contribution in [3.8, 4) is 5.75 Å². The minimum atomic E-state index is -3.90. The Labute approximate surface area is 112 Å². The van der Waals surface area contributed by atoms with Crippen LogP contribution in [0.4, 0.5) is 5.69 Å². The van der Waals surface area contributed by atoms with Gasteiger partial charge in [-0.25, -0.2) is 8.42 Å². The van der Waals surface area contributed by atoms with Crippen LogP contribution in [-0.2, 0) is 19.6 Å². The van der Waals surface area contributed by atoms with Crippen LogP contribution in [0.5, 0.6) is 5.75 Å². The molecule has 0 fully saturated rings. The molecular weight excluding hydrogens is 270 g/mol. The molecule has 106 valence electrons. The molecule has 1 aromatic carbocycles. The molecule has 0 radical (unpaired) electrons. The number of rotatable bonds is 5. The molecule has 0 aliphatic rings. The number of phenols is 1. The predicted octanol–water partition coefficient (Wildman–Crippen LogP) is 1.31. The molecule has 0 saturated heterocycles. The summed E-state index contributed by atoms with van der Waals surface area (Å²) in [5, 5.41) is 9.78. The van der Waals surface area contributed by atoms with E-state index in [2.05, 4.69) is 9.46 Å². The van der Waals surface area contributed by atoms with Crippen molar-refractivity contribution in [3.05, 3.63) is 23.3 Å². The van der Waals surface area contributed by atoms with Crippen LogP contribution >= 0.6 is 0 Å². The van der Waals surface area contributed by atoms with Crippen LogP contribution < -0.4 is 4.72 Å². The highest BCUT2D eigenvalue weighted by molar-refractivity contribution is 7.93. The minimum absolute atomic E-state index is 0.0572. The van der Waals surface area contributed by atoms with Crippen molar-refractivity contribution in [2.24, 2.45) is 0 Å². The van der Waals surface area contributed by atoms with Gasteiger partial charge in [-0.15, -0.1) is 0 Å². The molecule has 0 saturated carbocycles. The normalized spacial score (nSPS) is 11.1. The molecule has 0 amide bonds. The molecule has 0 unspecified atom stereocenters. The number of hydrogen-bond donors (Lipinski definition) is 2. The minimum Gasteiger partial charge on any atom is -0.505 e. The Morgan fingerprint density at radius 2 is 2.00 bits per heavy atom. The molecule has 6 nitrogen and oxygen atoms in total. The number of esters is 1. The number of ether oxygens (including phenoxy) is 1. The van der Waals surface area contributed by atoms with Crippen molar-refractivity contribution in [2.45, 2.75) is 20.8 Å². The lowest BCUT2D eigenvalue weighted by Gasteiger charge is -2.11. The number of benzene rings is 1. The molecule has 0 spiro atoms. The lowest BCUT2D eigenvalue weighted by molar-refractivity contribution is -0.139. The van der Waals surface area contributed by atoms with E-state index in [9.17, 15) is 18.3 Å². The summed E-state index contributed by atoms with van der Waals surface area (Å²) in [5.41, 5.74) is 1.40. The Morgan fingerprint density at radius 3 is 2.58 bits per heavy atom. The Kier molecular flexibility index (Phi) is 4.77. The third kappa shape index (κ3) is 4.44. The molecule has 1 aromatic rings. The van der Waals surface area contributed by atoms with Gasteiger partial charge in [-0.3, -0.25) is 9.52 Å². The summed E-state index contributed by atoms with van der Waals surface area (Å²) in [7, 11) is -3.90. The molecule has 7 heteroatoms. The van der Waals surface area contributed by atoms with Gasteiger partial charge in [0.1, 0.15) is 5.75 Å².